The first-order valence-electron chi connectivity index (χ1n) is 3.71. The van der Waals surface area contributed by atoms with Crippen LogP contribution in [0, 0.1) is 0 Å². The summed E-state index contributed by atoms with van der Waals surface area (Å²) in [6.45, 7) is 0. The normalized spacial score (nSPS) is 10.1. The molecule has 0 aliphatic carbocycles. The van der Waals surface area contributed by atoms with Crippen LogP contribution in [0.15, 0.2) is 24.8 Å². The van der Waals surface area contributed by atoms with Crippen molar-refractivity contribution in [2.45, 2.75) is 0 Å². The quantitative estimate of drug-likeness (QED) is 0.749. The zero-order valence-electron chi connectivity index (χ0n) is 6.85. The van der Waals surface area contributed by atoms with Gasteiger partial charge in [-0.25, -0.2) is 19.9 Å². The fraction of sp³-hybridized carbons (Fsp3) is 0. The minimum absolute atomic E-state index is 0.343. The molecule has 0 aliphatic rings. The Labute approximate surface area is 90.0 Å². The van der Waals surface area contributed by atoms with Gasteiger partial charge in [0.25, 0.3) is 0 Å². The van der Waals surface area contributed by atoms with E-state index in [1.165, 1.54) is 24.8 Å². The third-order valence-corrected chi connectivity index (χ3v) is 1.89. The SMILES string of the molecule is Clc1cnc(-c2cnc(Cl)cn2)cn1. The van der Waals surface area contributed by atoms with Crippen LogP contribution < -0.4 is 0 Å². The number of hydrogen-bond acceptors (Lipinski definition) is 4. The molecule has 0 unspecified atom stereocenters. The van der Waals surface area contributed by atoms with Crippen LogP contribution >= 0.6 is 23.2 Å². The molecule has 2 aromatic heterocycles. The third-order valence-electron chi connectivity index (χ3n) is 1.50. The van der Waals surface area contributed by atoms with Gasteiger partial charge in [0.05, 0.1) is 24.8 Å². The molecule has 2 aromatic rings. The summed E-state index contributed by atoms with van der Waals surface area (Å²) in [5.41, 5.74) is 1.22. The summed E-state index contributed by atoms with van der Waals surface area (Å²) in [5.74, 6) is 0. The molecule has 0 saturated carbocycles. The number of nitrogens with zero attached hydrogens (tertiary/aromatic N) is 4. The van der Waals surface area contributed by atoms with Crippen molar-refractivity contribution in [3.05, 3.63) is 35.1 Å². The van der Waals surface area contributed by atoms with Crippen molar-refractivity contribution in [2.24, 2.45) is 0 Å². The van der Waals surface area contributed by atoms with Gasteiger partial charge >= 0.3 is 0 Å². The Morgan fingerprint density at radius 3 is 1.36 bits per heavy atom. The molecule has 6 heteroatoms. The van der Waals surface area contributed by atoms with Gasteiger partial charge in [0.15, 0.2) is 0 Å². The summed E-state index contributed by atoms with van der Waals surface area (Å²) >= 11 is 11.2. The summed E-state index contributed by atoms with van der Waals surface area (Å²) in [4.78, 5) is 15.8. The Hall–Kier alpha value is -1.26. The highest BCUT2D eigenvalue weighted by molar-refractivity contribution is 6.29. The minimum Gasteiger partial charge on any atom is -0.250 e. The highest BCUT2D eigenvalue weighted by Crippen LogP contribution is 2.13. The number of rotatable bonds is 1. The van der Waals surface area contributed by atoms with Crippen LogP contribution in [0.5, 0.6) is 0 Å². The van der Waals surface area contributed by atoms with Gasteiger partial charge in [-0.2, -0.15) is 0 Å². The summed E-state index contributed by atoms with van der Waals surface area (Å²) in [6.07, 6.45) is 5.96. The topological polar surface area (TPSA) is 51.6 Å². The highest BCUT2D eigenvalue weighted by atomic mass is 35.5. The molecule has 0 radical (unpaired) electrons. The molecular weight excluding hydrogens is 223 g/mol. The van der Waals surface area contributed by atoms with Crippen LogP contribution in [0.4, 0.5) is 0 Å². The van der Waals surface area contributed by atoms with E-state index in [1.807, 2.05) is 0 Å². The van der Waals surface area contributed by atoms with Gasteiger partial charge in [-0.1, -0.05) is 23.2 Å². The van der Waals surface area contributed by atoms with Crippen molar-refractivity contribution in [1.29, 1.82) is 0 Å². The number of aromatic nitrogens is 4. The Morgan fingerprint density at radius 1 is 0.643 bits per heavy atom. The lowest BCUT2D eigenvalue weighted by atomic mass is 10.3. The molecule has 2 rings (SSSR count). The highest BCUT2D eigenvalue weighted by Gasteiger charge is 2.01. The smallest absolute Gasteiger partial charge is 0.147 e. The molecule has 0 fully saturated rings. The minimum atomic E-state index is 0.343. The Balaban J connectivity index is 2.40. The lowest BCUT2D eigenvalue weighted by molar-refractivity contribution is 1.14. The first kappa shape index (κ1) is 9.30. The van der Waals surface area contributed by atoms with E-state index in [1.54, 1.807) is 0 Å². The average molecular weight is 227 g/mol. The summed E-state index contributed by atoms with van der Waals surface area (Å²) in [5, 5.41) is 0.686. The van der Waals surface area contributed by atoms with Crippen LogP contribution in [0.2, 0.25) is 10.3 Å². The zero-order chi connectivity index (χ0) is 9.97. The van der Waals surface area contributed by atoms with Gasteiger partial charge in [-0.05, 0) is 0 Å². The van der Waals surface area contributed by atoms with Gasteiger partial charge in [0.1, 0.15) is 21.7 Å². The van der Waals surface area contributed by atoms with E-state index >= 15 is 0 Å². The molecular formula is C8H4Cl2N4. The maximum Gasteiger partial charge on any atom is 0.147 e. The number of hydrogen-bond donors (Lipinski definition) is 0. The van der Waals surface area contributed by atoms with E-state index in [4.69, 9.17) is 23.2 Å². The maximum atomic E-state index is 5.59. The van der Waals surface area contributed by atoms with Crippen molar-refractivity contribution >= 4 is 23.2 Å². The van der Waals surface area contributed by atoms with Crippen LogP contribution in [0.1, 0.15) is 0 Å². The average Bonchev–Trinajstić information content (AvgIpc) is 2.21. The van der Waals surface area contributed by atoms with Crippen molar-refractivity contribution in [2.75, 3.05) is 0 Å². The summed E-state index contributed by atoms with van der Waals surface area (Å²) < 4.78 is 0. The first-order valence-corrected chi connectivity index (χ1v) is 4.47. The second-order valence-electron chi connectivity index (χ2n) is 2.45. The summed E-state index contributed by atoms with van der Waals surface area (Å²) in [7, 11) is 0. The molecule has 4 nitrogen and oxygen atoms in total. The second-order valence-corrected chi connectivity index (χ2v) is 3.22. The van der Waals surface area contributed by atoms with Crippen molar-refractivity contribution < 1.29 is 0 Å². The lowest BCUT2D eigenvalue weighted by Crippen LogP contribution is -1.89. The van der Waals surface area contributed by atoms with Crippen molar-refractivity contribution in [1.82, 2.24) is 19.9 Å². The summed E-state index contributed by atoms with van der Waals surface area (Å²) in [6, 6.07) is 0. The van der Waals surface area contributed by atoms with E-state index in [0.29, 0.717) is 21.7 Å². The third kappa shape index (κ3) is 1.97. The fourth-order valence-electron chi connectivity index (χ4n) is 0.889. The van der Waals surface area contributed by atoms with Crippen LogP contribution in [0.25, 0.3) is 11.4 Å². The van der Waals surface area contributed by atoms with E-state index in [9.17, 15) is 0 Å². The van der Waals surface area contributed by atoms with Crippen molar-refractivity contribution in [3.8, 4) is 11.4 Å². The Morgan fingerprint density at radius 2 is 1.07 bits per heavy atom. The van der Waals surface area contributed by atoms with Crippen LogP contribution in [-0.4, -0.2) is 19.9 Å². The largest absolute Gasteiger partial charge is 0.250 e. The molecule has 0 bridgehead atoms. The molecule has 0 saturated heterocycles. The molecule has 0 atom stereocenters. The van der Waals surface area contributed by atoms with E-state index in [2.05, 4.69) is 19.9 Å². The number of halogens is 2. The molecule has 0 N–H and O–H groups in total. The molecule has 14 heavy (non-hydrogen) atoms. The maximum absolute atomic E-state index is 5.59. The second kappa shape index (κ2) is 3.86. The molecule has 70 valence electrons. The fourth-order valence-corrected chi connectivity index (χ4v) is 1.08. The predicted octanol–water partition coefficient (Wildman–Crippen LogP) is 2.24. The van der Waals surface area contributed by atoms with Crippen LogP contribution in [-0.2, 0) is 0 Å². The van der Waals surface area contributed by atoms with Gasteiger partial charge < -0.3 is 0 Å². The van der Waals surface area contributed by atoms with Gasteiger partial charge in [-0.3, -0.25) is 0 Å². The first-order chi connectivity index (χ1) is 6.75. The van der Waals surface area contributed by atoms with E-state index < -0.39 is 0 Å². The monoisotopic (exact) mass is 226 g/mol. The van der Waals surface area contributed by atoms with Gasteiger partial charge in [-0.15, -0.1) is 0 Å². The zero-order valence-corrected chi connectivity index (χ0v) is 8.37. The molecule has 0 aromatic carbocycles. The van der Waals surface area contributed by atoms with E-state index in [-0.39, 0.29) is 0 Å². The lowest BCUT2D eigenvalue weighted by Gasteiger charge is -1.97. The van der Waals surface area contributed by atoms with Crippen LogP contribution in [0.3, 0.4) is 0 Å². The Bertz CT molecular complexity index is 383. The molecule has 0 amide bonds. The predicted molar refractivity (Wildman–Crippen MR) is 53.1 cm³/mol. The van der Waals surface area contributed by atoms with E-state index in [0.717, 1.165) is 0 Å². The van der Waals surface area contributed by atoms with Gasteiger partial charge in [0.2, 0.25) is 0 Å². The molecule has 0 spiro atoms. The Kier molecular flexibility index (Phi) is 2.56. The molecule has 2 heterocycles. The standard InChI is InChI=1S/C8H4Cl2N4/c9-7-3-11-5(1-13-7)6-2-14-8(10)4-12-6/h1-4H. The molecule has 0 aliphatic heterocycles. The van der Waals surface area contributed by atoms with Gasteiger partial charge in [0, 0.05) is 0 Å². The van der Waals surface area contributed by atoms with Crippen molar-refractivity contribution in [3.63, 3.8) is 0 Å².